The fourth-order valence-corrected chi connectivity index (χ4v) is 10.9. The second-order valence-electron chi connectivity index (χ2n) is 11.1. The molecule has 3 fully saturated rings. The molecule has 0 N–H and O–H groups in total. The number of sulfonamides is 1. The summed E-state index contributed by atoms with van der Waals surface area (Å²) in [6, 6.07) is 3.20. The third kappa shape index (κ3) is 4.37. The van der Waals surface area contributed by atoms with Crippen LogP contribution < -0.4 is 15.1 Å². The van der Waals surface area contributed by atoms with Crippen molar-refractivity contribution in [2.45, 2.75) is 51.6 Å². The molecule has 2 aromatic rings. The first kappa shape index (κ1) is 28.4. The second kappa shape index (κ2) is 10.0. The van der Waals surface area contributed by atoms with Crippen molar-refractivity contribution >= 4 is 54.8 Å². The first-order valence-electron chi connectivity index (χ1n) is 12.8. The van der Waals surface area contributed by atoms with Crippen LogP contribution in [0.1, 0.15) is 38.7 Å². The molecular formula is C27H34N2O7S3. The van der Waals surface area contributed by atoms with Crippen molar-refractivity contribution in [3.05, 3.63) is 34.2 Å². The normalized spacial score (nSPS) is 26.9. The Bertz CT molecular complexity index is 1510. The highest BCUT2D eigenvalue weighted by Gasteiger charge is 2.72. The third-order valence-electron chi connectivity index (χ3n) is 9.27. The van der Waals surface area contributed by atoms with E-state index in [9.17, 15) is 18.0 Å². The summed E-state index contributed by atoms with van der Waals surface area (Å²) in [7, 11) is -0.838. The second-order valence-corrected chi connectivity index (χ2v) is 14.8. The van der Waals surface area contributed by atoms with Crippen LogP contribution in [0, 0.1) is 16.7 Å². The molecule has 3 aliphatic rings. The topological polar surface area (TPSA) is 115 Å². The number of benzene rings is 1. The van der Waals surface area contributed by atoms with Gasteiger partial charge in [0.2, 0.25) is 10.0 Å². The molecular weight excluding hydrogens is 561 g/mol. The van der Waals surface area contributed by atoms with Crippen LogP contribution in [-0.4, -0.2) is 67.6 Å². The standard InChI is InChI=1S/C27H34N2O7S3/c1-26(2)16-7-8-27(26)14-39(32,33)29(22(27)11-16)24(31)18(28-25(37-5)38-6)9-15-10-23(30)36-19-13-21(35-4)20(34-3)12-17(15)19/h10,12-13,16,18,22H,7-9,11,14H2,1-6H3. The highest BCUT2D eigenvalue weighted by atomic mass is 32.2. The van der Waals surface area contributed by atoms with Gasteiger partial charge in [0.1, 0.15) is 16.0 Å². The maximum absolute atomic E-state index is 14.3. The predicted octanol–water partition coefficient (Wildman–Crippen LogP) is 4.17. The average molecular weight is 595 g/mol. The number of methoxy groups -OCH3 is 2. The van der Waals surface area contributed by atoms with E-state index in [1.807, 2.05) is 12.5 Å². The van der Waals surface area contributed by atoms with Gasteiger partial charge in [-0.2, -0.15) is 0 Å². The van der Waals surface area contributed by atoms with Gasteiger partial charge in [0.25, 0.3) is 5.91 Å². The van der Waals surface area contributed by atoms with Crippen LogP contribution >= 0.6 is 23.5 Å². The smallest absolute Gasteiger partial charge is 0.336 e. The van der Waals surface area contributed by atoms with Crippen LogP contribution in [0.5, 0.6) is 11.5 Å². The number of amides is 1. The lowest BCUT2D eigenvalue weighted by molar-refractivity contribution is -0.130. The molecule has 1 saturated heterocycles. The summed E-state index contributed by atoms with van der Waals surface area (Å²) in [6.45, 7) is 4.31. The lowest BCUT2D eigenvalue weighted by Crippen LogP contribution is -2.48. The number of carbonyl (C=O) groups excluding carboxylic acids is 1. The van der Waals surface area contributed by atoms with Crippen LogP contribution in [-0.2, 0) is 21.2 Å². The molecule has 12 heteroatoms. The Morgan fingerprint density at radius 3 is 2.46 bits per heavy atom. The lowest BCUT2D eigenvalue weighted by atomic mass is 9.69. The number of carbonyl (C=O) groups is 1. The molecule has 1 aromatic carbocycles. The van der Waals surface area contributed by atoms with Crippen LogP contribution in [0.25, 0.3) is 11.0 Å². The fraction of sp³-hybridized carbons (Fsp3) is 0.593. The summed E-state index contributed by atoms with van der Waals surface area (Å²) in [5.41, 5.74) is -0.384. The Kier molecular flexibility index (Phi) is 7.29. The molecule has 0 radical (unpaired) electrons. The summed E-state index contributed by atoms with van der Waals surface area (Å²) in [6.07, 6.45) is 6.23. The van der Waals surface area contributed by atoms with Crippen molar-refractivity contribution in [1.82, 2.24) is 4.31 Å². The van der Waals surface area contributed by atoms with Gasteiger partial charge >= 0.3 is 5.63 Å². The van der Waals surface area contributed by atoms with Gasteiger partial charge in [-0.3, -0.25) is 9.79 Å². The van der Waals surface area contributed by atoms with E-state index in [4.69, 9.17) is 18.9 Å². The number of hydrogen-bond acceptors (Lipinski definition) is 10. The lowest BCUT2D eigenvalue weighted by Gasteiger charge is -2.37. The molecule has 4 atom stereocenters. The van der Waals surface area contributed by atoms with E-state index in [0.29, 0.717) is 39.2 Å². The Balaban J connectivity index is 1.60. The van der Waals surface area contributed by atoms with Gasteiger partial charge in [-0.1, -0.05) is 13.8 Å². The number of rotatable bonds is 6. The molecule has 2 bridgehead atoms. The van der Waals surface area contributed by atoms with Crippen molar-refractivity contribution in [3.8, 4) is 11.5 Å². The van der Waals surface area contributed by atoms with Crippen LogP contribution in [0.3, 0.4) is 0 Å². The van der Waals surface area contributed by atoms with E-state index in [1.54, 1.807) is 12.1 Å². The maximum Gasteiger partial charge on any atom is 0.336 e. The molecule has 2 aliphatic carbocycles. The zero-order valence-electron chi connectivity index (χ0n) is 23.0. The molecule has 1 amide bonds. The van der Waals surface area contributed by atoms with Crippen LogP contribution in [0.4, 0.5) is 0 Å². The molecule has 39 heavy (non-hydrogen) atoms. The number of fused-ring (bicyclic) bond motifs is 2. The SMILES string of the molecule is COc1cc2oc(=O)cc(CC(N=C(SC)SC)C(=O)N3C4CC5CCC4(CS3(=O)=O)C5(C)C)c2cc1OC. The van der Waals surface area contributed by atoms with Crippen LogP contribution in [0.15, 0.2) is 32.4 Å². The minimum absolute atomic E-state index is 0.0108. The molecule has 2 saturated carbocycles. The van der Waals surface area contributed by atoms with Gasteiger partial charge < -0.3 is 13.9 Å². The Morgan fingerprint density at radius 2 is 1.85 bits per heavy atom. The fourth-order valence-electron chi connectivity index (χ4n) is 7.16. The van der Waals surface area contributed by atoms with E-state index in [0.717, 1.165) is 17.1 Å². The summed E-state index contributed by atoms with van der Waals surface area (Å²) in [5.74, 6) is 0.670. The van der Waals surface area contributed by atoms with Crippen molar-refractivity contribution in [2.24, 2.45) is 21.7 Å². The van der Waals surface area contributed by atoms with Gasteiger partial charge in [0.05, 0.1) is 26.0 Å². The van der Waals surface area contributed by atoms with Crippen molar-refractivity contribution in [1.29, 1.82) is 0 Å². The van der Waals surface area contributed by atoms with Gasteiger partial charge in [0.15, 0.2) is 11.5 Å². The van der Waals surface area contributed by atoms with Gasteiger partial charge in [-0.15, -0.1) is 23.5 Å². The van der Waals surface area contributed by atoms with Crippen molar-refractivity contribution < 1.29 is 27.1 Å². The van der Waals surface area contributed by atoms with Gasteiger partial charge in [-0.25, -0.2) is 17.5 Å². The molecule has 1 aromatic heterocycles. The average Bonchev–Trinajstić information content (AvgIpc) is 3.37. The molecule has 1 spiro atoms. The monoisotopic (exact) mass is 594 g/mol. The summed E-state index contributed by atoms with van der Waals surface area (Å²) in [5, 5.41) is 0.567. The zero-order valence-corrected chi connectivity index (χ0v) is 25.4. The number of nitrogens with zero attached hydrogens (tertiary/aromatic N) is 2. The largest absolute Gasteiger partial charge is 0.493 e. The van der Waals surface area contributed by atoms with Crippen molar-refractivity contribution in [2.75, 3.05) is 32.5 Å². The molecule has 4 unspecified atom stereocenters. The van der Waals surface area contributed by atoms with Gasteiger partial charge in [-0.05, 0) is 54.7 Å². The zero-order chi connectivity index (χ0) is 28.3. The number of ether oxygens (including phenoxy) is 2. The van der Waals surface area contributed by atoms with E-state index in [1.165, 1.54) is 43.8 Å². The molecule has 9 nitrogen and oxygen atoms in total. The van der Waals surface area contributed by atoms with Crippen molar-refractivity contribution in [3.63, 3.8) is 0 Å². The first-order chi connectivity index (χ1) is 18.4. The van der Waals surface area contributed by atoms with Gasteiger partial charge in [0, 0.05) is 29.4 Å². The summed E-state index contributed by atoms with van der Waals surface area (Å²) >= 11 is 2.78. The van der Waals surface area contributed by atoms with E-state index in [-0.39, 0.29) is 29.2 Å². The summed E-state index contributed by atoms with van der Waals surface area (Å²) < 4.78 is 45.3. The minimum atomic E-state index is -3.83. The molecule has 212 valence electrons. The van der Waals surface area contributed by atoms with Crippen LogP contribution in [0.2, 0.25) is 0 Å². The minimum Gasteiger partial charge on any atom is -0.493 e. The highest BCUT2D eigenvalue weighted by molar-refractivity contribution is 8.38. The first-order valence-corrected chi connectivity index (χ1v) is 16.9. The Morgan fingerprint density at radius 1 is 1.18 bits per heavy atom. The van der Waals surface area contributed by atoms with E-state index < -0.39 is 33.0 Å². The number of thioether (sulfide) groups is 2. The Hall–Kier alpha value is -2.18. The number of hydrogen-bond donors (Lipinski definition) is 0. The number of aliphatic imine (C=N–C) groups is 1. The molecule has 2 heterocycles. The van der Waals surface area contributed by atoms with E-state index in [2.05, 4.69) is 13.8 Å². The highest BCUT2D eigenvalue weighted by Crippen LogP contribution is 2.70. The quantitative estimate of drug-likeness (QED) is 0.276. The molecule has 5 rings (SSSR count). The molecule has 1 aliphatic heterocycles. The third-order valence-corrected chi connectivity index (χ3v) is 13.1. The maximum atomic E-state index is 14.3. The van der Waals surface area contributed by atoms with E-state index >= 15 is 0 Å². The Labute approximate surface area is 237 Å². The predicted molar refractivity (Wildman–Crippen MR) is 156 cm³/mol. The summed E-state index contributed by atoms with van der Waals surface area (Å²) in [4.78, 5) is 31.6.